The van der Waals surface area contributed by atoms with Gasteiger partial charge in [0, 0.05) is 25.2 Å². The molecule has 0 aliphatic carbocycles. The molecular formula is C24H21F2N5O2. The van der Waals surface area contributed by atoms with E-state index in [-0.39, 0.29) is 12.1 Å². The van der Waals surface area contributed by atoms with E-state index in [9.17, 15) is 18.4 Å². The molecule has 4 aromatic rings. The molecule has 0 aliphatic rings. The van der Waals surface area contributed by atoms with Crippen molar-refractivity contribution < 1.29 is 13.6 Å². The zero-order valence-electron chi connectivity index (χ0n) is 18.0. The molecule has 9 heteroatoms. The summed E-state index contributed by atoms with van der Waals surface area (Å²) in [6.45, 7) is 1.87. The molecule has 0 saturated carbocycles. The second kappa shape index (κ2) is 9.15. The lowest BCUT2D eigenvalue weighted by Gasteiger charge is -2.17. The molecule has 1 amide bonds. The smallest absolute Gasteiger partial charge is 0.263 e. The SMILES string of the molecule is CNc1ncnc2ccc(CNC(=O)c3cccn([C@@H](C)c4ccc(F)c(F)c4)c3=O)cc12. The minimum absolute atomic E-state index is 0.0491. The molecule has 2 aromatic heterocycles. The number of carbonyl (C=O) groups is 1. The highest BCUT2D eigenvalue weighted by Gasteiger charge is 2.17. The highest BCUT2D eigenvalue weighted by Crippen LogP contribution is 2.21. The van der Waals surface area contributed by atoms with Gasteiger partial charge in [0.2, 0.25) is 0 Å². The first-order valence-electron chi connectivity index (χ1n) is 10.2. The molecule has 0 aliphatic heterocycles. The zero-order valence-corrected chi connectivity index (χ0v) is 18.0. The van der Waals surface area contributed by atoms with E-state index >= 15 is 0 Å². The molecular weight excluding hydrogens is 428 g/mol. The first-order valence-corrected chi connectivity index (χ1v) is 10.2. The van der Waals surface area contributed by atoms with Crippen LogP contribution in [-0.2, 0) is 6.54 Å². The number of hydrogen-bond acceptors (Lipinski definition) is 5. The number of halogens is 2. The summed E-state index contributed by atoms with van der Waals surface area (Å²) in [7, 11) is 1.76. The summed E-state index contributed by atoms with van der Waals surface area (Å²) in [5, 5.41) is 6.58. The van der Waals surface area contributed by atoms with Gasteiger partial charge in [0.05, 0.1) is 11.6 Å². The Bertz CT molecular complexity index is 1400. The van der Waals surface area contributed by atoms with Crippen LogP contribution in [0.3, 0.4) is 0 Å². The molecule has 7 nitrogen and oxygen atoms in total. The van der Waals surface area contributed by atoms with Gasteiger partial charge in [-0.15, -0.1) is 0 Å². The van der Waals surface area contributed by atoms with Crippen LogP contribution in [0.4, 0.5) is 14.6 Å². The van der Waals surface area contributed by atoms with Crippen molar-refractivity contribution in [2.24, 2.45) is 0 Å². The van der Waals surface area contributed by atoms with E-state index in [2.05, 4.69) is 20.6 Å². The van der Waals surface area contributed by atoms with Crippen LogP contribution in [-0.4, -0.2) is 27.5 Å². The van der Waals surface area contributed by atoms with E-state index in [4.69, 9.17) is 0 Å². The number of aromatic nitrogens is 3. The van der Waals surface area contributed by atoms with Crippen LogP contribution in [0, 0.1) is 11.6 Å². The Morgan fingerprint density at radius 3 is 2.67 bits per heavy atom. The van der Waals surface area contributed by atoms with Crippen molar-refractivity contribution in [2.45, 2.75) is 19.5 Å². The normalized spacial score (nSPS) is 11.9. The predicted molar refractivity (Wildman–Crippen MR) is 121 cm³/mol. The average molecular weight is 449 g/mol. The third kappa shape index (κ3) is 4.43. The maximum absolute atomic E-state index is 13.6. The first-order chi connectivity index (χ1) is 15.9. The lowest BCUT2D eigenvalue weighted by atomic mass is 10.1. The Hall–Kier alpha value is -4.14. The lowest BCUT2D eigenvalue weighted by molar-refractivity contribution is 0.0948. The third-order valence-electron chi connectivity index (χ3n) is 5.45. The quantitative estimate of drug-likeness (QED) is 0.469. The summed E-state index contributed by atoms with van der Waals surface area (Å²) in [6.07, 6.45) is 2.98. The summed E-state index contributed by atoms with van der Waals surface area (Å²) in [5.74, 6) is -1.83. The number of hydrogen-bond donors (Lipinski definition) is 2. The minimum Gasteiger partial charge on any atom is -0.373 e. The zero-order chi connectivity index (χ0) is 23.5. The van der Waals surface area contributed by atoms with Crippen molar-refractivity contribution in [3.63, 3.8) is 0 Å². The van der Waals surface area contributed by atoms with Gasteiger partial charge in [0.1, 0.15) is 17.7 Å². The van der Waals surface area contributed by atoms with Crippen LogP contribution in [0.25, 0.3) is 10.9 Å². The predicted octanol–water partition coefficient (Wildman–Crippen LogP) is 3.65. The Balaban J connectivity index is 1.55. The van der Waals surface area contributed by atoms with E-state index in [1.54, 1.807) is 20.0 Å². The maximum Gasteiger partial charge on any atom is 0.263 e. The fourth-order valence-electron chi connectivity index (χ4n) is 3.61. The monoisotopic (exact) mass is 449 g/mol. The van der Waals surface area contributed by atoms with E-state index in [1.807, 2.05) is 18.2 Å². The number of benzene rings is 2. The van der Waals surface area contributed by atoms with E-state index in [1.165, 1.54) is 29.2 Å². The van der Waals surface area contributed by atoms with Gasteiger partial charge in [-0.05, 0) is 54.4 Å². The number of rotatable bonds is 6. The maximum atomic E-state index is 13.6. The Morgan fingerprint density at radius 1 is 1.09 bits per heavy atom. The Kier molecular flexibility index (Phi) is 6.12. The number of fused-ring (bicyclic) bond motifs is 1. The van der Waals surface area contributed by atoms with Crippen LogP contribution < -0.4 is 16.2 Å². The minimum atomic E-state index is -0.997. The molecule has 0 radical (unpaired) electrons. The lowest BCUT2D eigenvalue weighted by Crippen LogP contribution is -2.33. The van der Waals surface area contributed by atoms with Gasteiger partial charge in [0.25, 0.3) is 11.5 Å². The van der Waals surface area contributed by atoms with Gasteiger partial charge in [-0.25, -0.2) is 18.7 Å². The number of nitrogens with one attached hydrogen (secondary N) is 2. The van der Waals surface area contributed by atoms with Crippen LogP contribution in [0.1, 0.15) is 34.5 Å². The largest absolute Gasteiger partial charge is 0.373 e. The third-order valence-corrected chi connectivity index (χ3v) is 5.45. The van der Waals surface area contributed by atoms with Gasteiger partial charge in [-0.1, -0.05) is 12.1 Å². The van der Waals surface area contributed by atoms with Gasteiger partial charge in [0.15, 0.2) is 11.6 Å². The molecule has 2 N–H and O–H groups in total. The van der Waals surface area contributed by atoms with Crippen LogP contribution in [0.15, 0.2) is 65.8 Å². The molecule has 0 unspecified atom stereocenters. The standard InChI is InChI=1S/C24H21F2N5O2/c1-14(16-6-7-19(25)20(26)11-16)31-9-3-4-17(24(31)33)23(32)28-12-15-5-8-21-18(10-15)22(27-2)30-13-29-21/h3-11,13-14H,12H2,1-2H3,(H,28,32)(H,27,29,30)/t14-/m0/s1. The summed E-state index contributed by atoms with van der Waals surface area (Å²) in [6, 6.07) is 11.4. The number of nitrogens with zero attached hydrogens (tertiary/aromatic N) is 3. The average Bonchev–Trinajstić information content (AvgIpc) is 2.83. The summed E-state index contributed by atoms with van der Waals surface area (Å²) < 4.78 is 28.2. The van der Waals surface area contributed by atoms with Crippen molar-refractivity contribution >= 4 is 22.6 Å². The Labute approximate surface area is 188 Å². The molecule has 168 valence electrons. The van der Waals surface area contributed by atoms with Gasteiger partial charge >= 0.3 is 0 Å². The van der Waals surface area contributed by atoms with Crippen molar-refractivity contribution in [1.82, 2.24) is 19.9 Å². The summed E-state index contributed by atoms with van der Waals surface area (Å²) >= 11 is 0. The van der Waals surface area contributed by atoms with Crippen molar-refractivity contribution in [3.8, 4) is 0 Å². The number of pyridine rings is 1. The summed E-state index contributed by atoms with van der Waals surface area (Å²) in [4.78, 5) is 34.1. The molecule has 4 rings (SSSR count). The summed E-state index contributed by atoms with van der Waals surface area (Å²) in [5.41, 5.74) is 1.41. The van der Waals surface area contributed by atoms with Crippen LogP contribution >= 0.6 is 0 Å². The fourth-order valence-corrected chi connectivity index (χ4v) is 3.61. The Morgan fingerprint density at radius 2 is 1.91 bits per heavy atom. The van der Waals surface area contributed by atoms with E-state index in [0.29, 0.717) is 11.4 Å². The van der Waals surface area contributed by atoms with Crippen LogP contribution in [0.2, 0.25) is 0 Å². The van der Waals surface area contributed by atoms with Gasteiger partial charge in [-0.2, -0.15) is 0 Å². The molecule has 0 spiro atoms. The molecule has 2 aromatic carbocycles. The molecule has 33 heavy (non-hydrogen) atoms. The highest BCUT2D eigenvalue weighted by atomic mass is 19.2. The van der Waals surface area contributed by atoms with Crippen LogP contribution in [0.5, 0.6) is 0 Å². The molecule has 0 bridgehead atoms. The molecule has 1 atom stereocenters. The first kappa shape index (κ1) is 22.1. The van der Waals surface area contributed by atoms with Gasteiger partial charge < -0.3 is 15.2 Å². The second-order valence-electron chi connectivity index (χ2n) is 7.49. The van der Waals surface area contributed by atoms with Gasteiger partial charge in [-0.3, -0.25) is 9.59 Å². The topological polar surface area (TPSA) is 88.9 Å². The number of anilines is 1. The van der Waals surface area contributed by atoms with Crippen molar-refractivity contribution in [3.05, 3.63) is 99.7 Å². The second-order valence-corrected chi connectivity index (χ2v) is 7.49. The van der Waals surface area contributed by atoms with E-state index < -0.39 is 29.1 Å². The molecule has 0 fully saturated rings. The fraction of sp³-hybridized carbons (Fsp3) is 0.167. The molecule has 2 heterocycles. The highest BCUT2D eigenvalue weighted by molar-refractivity contribution is 5.94. The van der Waals surface area contributed by atoms with E-state index in [0.717, 1.165) is 28.6 Å². The van der Waals surface area contributed by atoms with Crippen molar-refractivity contribution in [1.29, 1.82) is 0 Å². The number of amides is 1. The van der Waals surface area contributed by atoms with Crippen molar-refractivity contribution in [2.75, 3.05) is 12.4 Å². The molecule has 0 saturated heterocycles. The number of carbonyl (C=O) groups excluding carboxylic acids is 1.